The van der Waals surface area contributed by atoms with Gasteiger partial charge in [-0.05, 0) is 55.5 Å². The van der Waals surface area contributed by atoms with Gasteiger partial charge >= 0.3 is 0 Å². The Kier molecular flexibility index (Phi) is 12.6. The molecule has 2 aromatic carbocycles. The first-order chi connectivity index (χ1) is 14.3. The molecule has 10 heteroatoms. The number of para-hydroxylation sites is 1. The van der Waals surface area contributed by atoms with Crippen molar-refractivity contribution in [2.45, 2.75) is 44.7 Å². The molecule has 2 aromatic rings. The molecular formula is C22H31ClN4O5. The number of rotatable bonds is 10. The summed E-state index contributed by atoms with van der Waals surface area (Å²) in [5, 5.41) is 14.7. The van der Waals surface area contributed by atoms with E-state index in [4.69, 9.17) is 11.5 Å². The summed E-state index contributed by atoms with van der Waals surface area (Å²) in [6.07, 6.45) is 1.73. The van der Waals surface area contributed by atoms with Crippen LogP contribution in [0.4, 0.5) is 5.69 Å². The van der Waals surface area contributed by atoms with Gasteiger partial charge in [0.05, 0.1) is 6.04 Å². The zero-order valence-electron chi connectivity index (χ0n) is 17.8. The fourth-order valence-corrected chi connectivity index (χ4v) is 2.92. The van der Waals surface area contributed by atoms with Crippen LogP contribution in [-0.4, -0.2) is 40.4 Å². The van der Waals surface area contributed by atoms with E-state index in [0.717, 1.165) is 11.1 Å². The van der Waals surface area contributed by atoms with E-state index in [2.05, 4.69) is 10.6 Å². The van der Waals surface area contributed by atoms with Crippen LogP contribution in [0.25, 0.3) is 0 Å². The Morgan fingerprint density at radius 1 is 1.03 bits per heavy atom. The fourth-order valence-electron chi connectivity index (χ4n) is 2.92. The highest BCUT2D eigenvalue weighted by Crippen LogP contribution is 2.18. The fraction of sp³-hybridized carbons (Fsp3) is 0.318. The van der Waals surface area contributed by atoms with E-state index in [1.807, 2.05) is 12.1 Å². The van der Waals surface area contributed by atoms with Crippen LogP contribution in [0.2, 0.25) is 0 Å². The lowest BCUT2D eigenvalue weighted by Crippen LogP contribution is -2.49. The number of hydrogen-bond acceptors (Lipinski definition) is 5. The molecule has 0 aliphatic heterocycles. The number of phenols is 1. The number of amides is 3. The third-order valence-corrected chi connectivity index (χ3v) is 4.63. The van der Waals surface area contributed by atoms with E-state index in [1.165, 1.54) is 12.1 Å². The molecule has 3 amide bonds. The molecule has 0 radical (unpaired) electrons. The molecule has 9 nitrogen and oxygen atoms in total. The molecule has 176 valence electrons. The second-order valence-electron chi connectivity index (χ2n) is 7.17. The number of primary amides is 1. The van der Waals surface area contributed by atoms with E-state index >= 15 is 0 Å². The first-order valence-corrected chi connectivity index (χ1v) is 9.77. The number of nitrogens with one attached hydrogen (secondary N) is 2. The molecule has 0 bridgehead atoms. The average Bonchev–Trinajstić information content (AvgIpc) is 2.70. The lowest BCUT2D eigenvalue weighted by Gasteiger charge is -2.18. The number of carbonyl (C=O) groups excluding carboxylic acids is 3. The van der Waals surface area contributed by atoms with Crippen molar-refractivity contribution in [2.24, 2.45) is 11.5 Å². The first kappa shape index (κ1) is 28.9. The number of benzene rings is 2. The Balaban J connectivity index is 0.00000480. The van der Waals surface area contributed by atoms with Gasteiger partial charge in [-0.3, -0.25) is 14.4 Å². The SMILES string of the molecule is C[C@H](NC(=O)[C@@H](N)Cc1ccc(O)cc1)C(=O)Nc1ccccc1CCCC(N)=O.Cl.O. The molecule has 0 saturated heterocycles. The van der Waals surface area contributed by atoms with E-state index in [9.17, 15) is 19.5 Å². The van der Waals surface area contributed by atoms with Crippen molar-refractivity contribution >= 4 is 35.8 Å². The van der Waals surface area contributed by atoms with E-state index < -0.39 is 18.0 Å². The summed E-state index contributed by atoms with van der Waals surface area (Å²) in [6.45, 7) is 1.58. The van der Waals surface area contributed by atoms with Gasteiger partial charge in [-0.1, -0.05) is 30.3 Å². The van der Waals surface area contributed by atoms with Crippen LogP contribution in [0.15, 0.2) is 48.5 Å². The number of anilines is 1. The average molecular weight is 467 g/mol. The van der Waals surface area contributed by atoms with Crippen LogP contribution >= 0.6 is 12.4 Å². The first-order valence-electron chi connectivity index (χ1n) is 9.77. The molecule has 0 aromatic heterocycles. The predicted molar refractivity (Wildman–Crippen MR) is 125 cm³/mol. The van der Waals surface area contributed by atoms with Gasteiger partial charge in [0.1, 0.15) is 11.8 Å². The number of aryl methyl sites for hydroxylation is 1. The summed E-state index contributed by atoms with van der Waals surface area (Å²) in [5.41, 5.74) is 13.4. The van der Waals surface area contributed by atoms with Gasteiger partial charge in [0.25, 0.3) is 0 Å². The zero-order chi connectivity index (χ0) is 22.1. The number of phenolic OH excluding ortho intramolecular Hbond substituents is 1. The standard InChI is InChI=1S/C22H28N4O4.ClH.H2O/c1-14(25-22(30)18(23)13-15-9-11-17(27)12-10-15)21(29)26-19-7-3-2-5-16(19)6-4-8-20(24)28;;/h2-3,5,7,9-12,14,18,27H,4,6,8,13,23H2,1H3,(H2,24,28)(H,25,30)(H,26,29);1H;1H2/t14-,18-;;/m0../s1. The van der Waals surface area contributed by atoms with Crippen LogP contribution < -0.4 is 22.1 Å². The summed E-state index contributed by atoms with van der Waals surface area (Å²) in [4.78, 5) is 35.8. The minimum absolute atomic E-state index is 0. The van der Waals surface area contributed by atoms with Crippen molar-refractivity contribution in [2.75, 3.05) is 5.32 Å². The molecule has 0 saturated carbocycles. The van der Waals surface area contributed by atoms with E-state index in [-0.39, 0.29) is 48.3 Å². The second kappa shape index (κ2) is 14.0. The van der Waals surface area contributed by atoms with Gasteiger partial charge in [-0.25, -0.2) is 0 Å². The normalized spacial score (nSPS) is 11.8. The Morgan fingerprint density at radius 2 is 1.66 bits per heavy atom. The molecule has 9 N–H and O–H groups in total. The Bertz CT molecular complexity index is 892. The highest BCUT2D eigenvalue weighted by atomic mass is 35.5. The van der Waals surface area contributed by atoms with Crippen molar-refractivity contribution in [3.63, 3.8) is 0 Å². The Labute approximate surface area is 193 Å². The lowest BCUT2D eigenvalue weighted by molar-refractivity contribution is -0.127. The van der Waals surface area contributed by atoms with E-state index in [1.54, 1.807) is 31.2 Å². The van der Waals surface area contributed by atoms with Crippen molar-refractivity contribution < 1.29 is 25.0 Å². The molecule has 0 unspecified atom stereocenters. The molecule has 0 spiro atoms. The number of hydrogen-bond donors (Lipinski definition) is 5. The van der Waals surface area contributed by atoms with Gasteiger partial charge in [0, 0.05) is 12.1 Å². The van der Waals surface area contributed by atoms with Crippen molar-refractivity contribution in [1.82, 2.24) is 5.32 Å². The van der Waals surface area contributed by atoms with Crippen LogP contribution in [0.5, 0.6) is 5.75 Å². The molecule has 2 rings (SSSR count). The van der Waals surface area contributed by atoms with Crippen LogP contribution in [0, 0.1) is 0 Å². The topological polar surface area (TPSA) is 179 Å². The molecule has 2 atom stereocenters. The maximum absolute atomic E-state index is 12.5. The predicted octanol–water partition coefficient (Wildman–Crippen LogP) is 0.810. The third kappa shape index (κ3) is 9.34. The van der Waals surface area contributed by atoms with Crippen molar-refractivity contribution in [3.8, 4) is 5.75 Å². The summed E-state index contributed by atoms with van der Waals surface area (Å²) in [5.74, 6) is -1.04. The zero-order valence-corrected chi connectivity index (χ0v) is 18.7. The van der Waals surface area contributed by atoms with Gasteiger partial charge in [-0.15, -0.1) is 12.4 Å². The molecule has 0 fully saturated rings. The number of carbonyl (C=O) groups is 3. The van der Waals surface area contributed by atoms with Crippen LogP contribution in [0.1, 0.15) is 30.9 Å². The summed E-state index contributed by atoms with van der Waals surface area (Å²) < 4.78 is 0. The van der Waals surface area contributed by atoms with Gasteiger partial charge in [0.2, 0.25) is 17.7 Å². The maximum Gasteiger partial charge on any atom is 0.246 e. The Morgan fingerprint density at radius 3 is 2.28 bits per heavy atom. The minimum atomic E-state index is -0.828. The largest absolute Gasteiger partial charge is 0.508 e. The molecule has 0 aliphatic rings. The van der Waals surface area contributed by atoms with Crippen LogP contribution in [0.3, 0.4) is 0 Å². The third-order valence-electron chi connectivity index (χ3n) is 4.63. The van der Waals surface area contributed by atoms with Gasteiger partial charge < -0.3 is 32.7 Å². The van der Waals surface area contributed by atoms with Gasteiger partial charge in [0.15, 0.2) is 0 Å². The van der Waals surface area contributed by atoms with Crippen molar-refractivity contribution in [1.29, 1.82) is 0 Å². The van der Waals surface area contributed by atoms with Gasteiger partial charge in [-0.2, -0.15) is 0 Å². The quantitative estimate of drug-likeness (QED) is 0.347. The number of nitrogens with two attached hydrogens (primary N) is 2. The lowest BCUT2D eigenvalue weighted by atomic mass is 10.0. The highest BCUT2D eigenvalue weighted by Gasteiger charge is 2.21. The summed E-state index contributed by atoms with van der Waals surface area (Å²) in [7, 11) is 0. The number of halogens is 1. The Hall–Kier alpha value is -3.14. The monoisotopic (exact) mass is 466 g/mol. The minimum Gasteiger partial charge on any atom is -0.508 e. The highest BCUT2D eigenvalue weighted by molar-refractivity contribution is 5.98. The van der Waals surface area contributed by atoms with Crippen molar-refractivity contribution in [3.05, 3.63) is 59.7 Å². The summed E-state index contributed by atoms with van der Waals surface area (Å²) >= 11 is 0. The molecular weight excluding hydrogens is 436 g/mol. The second-order valence-corrected chi connectivity index (χ2v) is 7.17. The van der Waals surface area contributed by atoms with E-state index in [0.29, 0.717) is 18.5 Å². The number of aromatic hydroxyl groups is 1. The summed E-state index contributed by atoms with van der Waals surface area (Å²) in [6, 6.07) is 12.1. The maximum atomic E-state index is 12.5. The smallest absolute Gasteiger partial charge is 0.246 e. The molecule has 32 heavy (non-hydrogen) atoms. The van der Waals surface area contributed by atoms with Crippen LogP contribution in [-0.2, 0) is 27.2 Å². The molecule has 0 heterocycles. The molecule has 0 aliphatic carbocycles.